The van der Waals surface area contributed by atoms with Gasteiger partial charge in [0.15, 0.2) is 0 Å². The molecule has 1 aliphatic carbocycles. The van der Waals surface area contributed by atoms with Crippen LogP contribution < -0.4 is 0 Å². The summed E-state index contributed by atoms with van der Waals surface area (Å²) < 4.78 is 5.01. The van der Waals surface area contributed by atoms with Gasteiger partial charge in [-0.15, -0.1) is 6.42 Å². The number of rotatable bonds is 3. The molecule has 1 fully saturated rings. The number of ether oxygens (including phenoxy) is 1. The number of hydrogen-bond acceptors (Lipinski definition) is 2. The fraction of sp³-hybridized carbons (Fsp3) is 0.500. The molecule has 0 bridgehead atoms. The SMILES string of the molecule is C#Cc1[nH]c(C2CC2)nc1COC. The van der Waals surface area contributed by atoms with Gasteiger partial charge in [0.2, 0.25) is 0 Å². The minimum absolute atomic E-state index is 0.489. The number of H-pyrrole nitrogens is 1. The normalized spacial score (nSPS) is 15.7. The third kappa shape index (κ3) is 1.58. The van der Waals surface area contributed by atoms with Crippen LogP contribution in [0.5, 0.6) is 0 Å². The minimum atomic E-state index is 0.489. The molecule has 0 aliphatic heterocycles. The van der Waals surface area contributed by atoms with Gasteiger partial charge in [0.05, 0.1) is 6.61 Å². The van der Waals surface area contributed by atoms with E-state index in [9.17, 15) is 0 Å². The van der Waals surface area contributed by atoms with Crippen LogP contribution in [0.25, 0.3) is 0 Å². The molecule has 1 aromatic rings. The number of methoxy groups -OCH3 is 1. The molecule has 0 aromatic carbocycles. The molecule has 1 aromatic heterocycles. The maximum Gasteiger partial charge on any atom is 0.115 e. The van der Waals surface area contributed by atoms with Gasteiger partial charge in [-0.25, -0.2) is 4.98 Å². The van der Waals surface area contributed by atoms with E-state index in [1.54, 1.807) is 7.11 Å². The topological polar surface area (TPSA) is 37.9 Å². The van der Waals surface area contributed by atoms with Crippen molar-refractivity contribution in [2.75, 3.05) is 7.11 Å². The van der Waals surface area contributed by atoms with Crippen molar-refractivity contribution < 1.29 is 4.74 Å². The fourth-order valence-electron chi connectivity index (χ4n) is 1.34. The van der Waals surface area contributed by atoms with E-state index in [2.05, 4.69) is 15.9 Å². The van der Waals surface area contributed by atoms with Gasteiger partial charge in [0.25, 0.3) is 0 Å². The number of hydrogen-bond donors (Lipinski definition) is 1. The maximum absolute atomic E-state index is 5.34. The molecule has 1 saturated carbocycles. The highest BCUT2D eigenvalue weighted by atomic mass is 16.5. The van der Waals surface area contributed by atoms with Crippen LogP contribution in [0.2, 0.25) is 0 Å². The van der Waals surface area contributed by atoms with E-state index in [0.717, 1.165) is 17.2 Å². The van der Waals surface area contributed by atoms with Crippen LogP contribution in [0.3, 0.4) is 0 Å². The predicted molar refractivity (Wildman–Crippen MR) is 49.2 cm³/mol. The average molecular weight is 176 g/mol. The Morgan fingerprint density at radius 2 is 2.46 bits per heavy atom. The highest BCUT2D eigenvalue weighted by Gasteiger charge is 2.27. The molecule has 68 valence electrons. The van der Waals surface area contributed by atoms with Gasteiger partial charge in [-0.1, -0.05) is 5.92 Å². The summed E-state index contributed by atoms with van der Waals surface area (Å²) in [5.74, 6) is 4.22. The Labute approximate surface area is 77.5 Å². The fourth-order valence-corrected chi connectivity index (χ4v) is 1.34. The molecule has 0 unspecified atom stereocenters. The molecule has 2 rings (SSSR count). The highest BCUT2D eigenvalue weighted by Crippen LogP contribution is 2.38. The van der Waals surface area contributed by atoms with Crippen molar-refractivity contribution in [2.24, 2.45) is 0 Å². The van der Waals surface area contributed by atoms with E-state index in [1.807, 2.05) is 0 Å². The van der Waals surface area contributed by atoms with Gasteiger partial charge in [-0.05, 0) is 12.8 Å². The molecule has 3 heteroatoms. The Bertz CT molecular complexity index is 344. The van der Waals surface area contributed by atoms with Crippen LogP contribution in [-0.2, 0) is 11.3 Å². The first-order valence-corrected chi connectivity index (χ1v) is 4.39. The van der Waals surface area contributed by atoms with Crippen molar-refractivity contribution in [1.29, 1.82) is 0 Å². The van der Waals surface area contributed by atoms with E-state index < -0.39 is 0 Å². The second-order valence-corrected chi connectivity index (χ2v) is 3.30. The molecule has 0 saturated heterocycles. The standard InChI is InChI=1S/C10H12N2O/c1-3-8-9(6-13-2)12-10(11-8)7-4-5-7/h1,7H,4-6H2,2H3,(H,11,12). The molecule has 0 atom stereocenters. The summed E-state index contributed by atoms with van der Waals surface area (Å²) in [6.45, 7) is 0.489. The van der Waals surface area contributed by atoms with E-state index in [4.69, 9.17) is 11.2 Å². The molecular weight excluding hydrogens is 164 g/mol. The molecule has 0 spiro atoms. The van der Waals surface area contributed by atoms with Crippen LogP contribution >= 0.6 is 0 Å². The van der Waals surface area contributed by atoms with E-state index in [1.165, 1.54) is 12.8 Å². The van der Waals surface area contributed by atoms with Crippen molar-refractivity contribution in [3.8, 4) is 12.3 Å². The summed E-state index contributed by atoms with van der Waals surface area (Å²) in [4.78, 5) is 7.56. The minimum Gasteiger partial charge on any atom is -0.378 e. The number of aromatic amines is 1. The lowest BCUT2D eigenvalue weighted by Gasteiger charge is -1.92. The molecular formula is C10H12N2O. The van der Waals surface area contributed by atoms with Crippen molar-refractivity contribution in [3.63, 3.8) is 0 Å². The molecule has 3 nitrogen and oxygen atoms in total. The van der Waals surface area contributed by atoms with E-state index in [-0.39, 0.29) is 0 Å². The van der Waals surface area contributed by atoms with Crippen LogP contribution in [-0.4, -0.2) is 17.1 Å². The Kier molecular flexibility index (Phi) is 2.07. The second-order valence-electron chi connectivity index (χ2n) is 3.30. The number of nitrogens with one attached hydrogen (secondary N) is 1. The summed E-state index contributed by atoms with van der Waals surface area (Å²) in [7, 11) is 1.64. The molecule has 1 aliphatic rings. The van der Waals surface area contributed by atoms with Gasteiger partial charge in [0, 0.05) is 13.0 Å². The van der Waals surface area contributed by atoms with E-state index in [0.29, 0.717) is 12.5 Å². The number of terminal acetylenes is 1. The highest BCUT2D eigenvalue weighted by molar-refractivity contribution is 5.31. The maximum atomic E-state index is 5.34. The van der Waals surface area contributed by atoms with Gasteiger partial charge >= 0.3 is 0 Å². The second kappa shape index (κ2) is 3.23. The lowest BCUT2D eigenvalue weighted by molar-refractivity contribution is 0.181. The third-order valence-corrected chi connectivity index (χ3v) is 2.19. The first-order chi connectivity index (χ1) is 6.35. The number of imidazole rings is 1. The van der Waals surface area contributed by atoms with Gasteiger partial charge < -0.3 is 9.72 Å². The van der Waals surface area contributed by atoms with Crippen LogP contribution in [0, 0.1) is 12.3 Å². The zero-order valence-electron chi connectivity index (χ0n) is 7.63. The zero-order chi connectivity index (χ0) is 9.26. The number of aromatic nitrogens is 2. The lowest BCUT2D eigenvalue weighted by atomic mass is 10.3. The Morgan fingerprint density at radius 1 is 1.69 bits per heavy atom. The monoisotopic (exact) mass is 176 g/mol. The first-order valence-electron chi connectivity index (χ1n) is 4.39. The largest absolute Gasteiger partial charge is 0.378 e. The molecule has 13 heavy (non-hydrogen) atoms. The zero-order valence-corrected chi connectivity index (χ0v) is 7.63. The van der Waals surface area contributed by atoms with Crippen molar-refractivity contribution in [3.05, 3.63) is 17.2 Å². The van der Waals surface area contributed by atoms with Crippen molar-refractivity contribution in [2.45, 2.75) is 25.4 Å². The Hall–Kier alpha value is -1.27. The molecule has 1 N–H and O–H groups in total. The lowest BCUT2D eigenvalue weighted by Crippen LogP contribution is -1.90. The van der Waals surface area contributed by atoms with Gasteiger partial charge in [-0.3, -0.25) is 0 Å². The molecule has 0 amide bonds. The predicted octanol–water partition coefficient (Wildman–Crippen LogP) is 1.41. The Morgan fingerprint density at radius 3 is 3.00 bits per heavy atom. The third-order valence-electron chi connectivity index (χ3n) is 2.19. The Balaban J connectivity index is 2.26. The molecule has 0 radical (unpaired) electrons. The van der Waals surface area contributed by atoms with Crippen molar-refractivity contribution >= 4 is 0 Å². The smallest absolute Gasteiger partial charge is 0.115 e. The van der Waals surface area contributed by atoms with Gasteiger partial charge in [-0.2, -0.15) is 0 Å². The summed E-state index contributed by atoms with van der Waals surface area (Å²) in [5, 5.41) is 0. The summed E-state index contributed by atoms with van der Waals surface area (Å²) in [5.41, 5.74) is 1.62. The quantitative estimate of drug-likeness (QED) is 0.707. The molecule has 1 heterocycles. The summed E-state index contributed by atoms with van der Waals surface area (Å²) in [6, 6.07) is 0. The van der Waals surface area contributed by atoms with Crippen LogP contribution in [0.4, 0.5) is 0 Å². The summed E-state index contributed by atoms with van der Waals surface area (Å²) >= 11 is 0. The summed E-state index contributed by atoms with van der Waals surface area (Å²) in [6.07, 6.45) is 7.79. The number of nitrogens with zero attached hydrogens (tertiary/aromatic N) is 1. The van der Waals surface area contributed by atoms with Gasteiger partial charge in [0.1, 0.15) is 17.2 Å². The first kappa shape index (κ1) is 8.33. The van der Waals surface area contributed by atoms with E-state index >= 15 is 0 Å². The van der Waals surface area contributed by atoms with Crippen LogP contribution in [0.15, 0.2) is 0 Å². The average Bonchev–Trinajstić information content (AvgIpc) is 2.90. The van der Waals surface area contributed by atoms with Crippen molar-refractivity contribution in [1.82, 2.24) is 9.97 Å². The van der Waals surface area contributed by atoms with Crippen LogP contribution in [0.1, 0.15) is 36.0 Å².